The highest BCUT2D eigenvalue weighted by molar-refractivity contribution is 6.30. The van der Waals surface area contributed by atoms with Crippen LogP contribution in [-0.2, 0) is 4.79 Å². The van der Waals surface area contributed by atoms with E-state index in [0.717, 1.165) is 0 Å². The molecule has 2 N–H and O–H groups in total. The Morgan fingerprint density at radius 3 is 2.86 bits per heavy atom. The Morgan fingerprint density at radius 1 is 1.57 bits per heavy atom. The Balaban J connectivity index is 2.27. The van der Waals surface area contributed by atoms with Gasteiger partial charge in [0, 0.05) is 5.92 Å². The van der Waals surface area contributed by atoms with Crippen LogP contribution >= 0.6 is 11.6 Å². The second kappa shape index (κ2) is 3.24. The van der Waals surface area contributed by atoms with Crippen LogP contribution in [0.5, 0.6) is 0 Å². The minimum atomic E-state index is -0.428. The molecule has 1 amide bonds. The van der Waals surface area contributed by atoms with Gasteiger partial charge in [-0.15, -0.1) is 0 Å². The first-order chi connectivity index (χ1) is 6.61. The van der Waals surface area contributed by atoms with Crippen LogP contribution in [0.25, 0.3) is 0 Å². The molecule has 1 saturated carbocycles. The summed E-state index contributed by atoms with van der Waals surface area (Å²) in [6, 6.07) is 4.81. The molecular weight excluding hydrogens is 205 g/mol. The molecular formula is C10H9ClFNO. The first-order valence-electron chi connectivity index (χ1n) is 4.34. The quantitative estimate of drug-likeness (QED) is 0.803. The predicted octanol–water partition coefficient (Wildman–Crippen LogP) is 2.07. The Labute approximate surface area is 85.9 Å². The third kappa shape index (κ3) is 1.48. The van der Waals surface area contributed by atoms with Crippen molar-refractivity contribution in [3.05, 3.63) is 34.6 Å². The Morgan fingerprint density at radius 2 is 2.29 bits per heavy atom. The second-order valence-electron chi connectivity index (χ2n) is 3.49. The van der Waals surface area contributed by atoms with Gasteiger partial charge in [-0.1, -0.05) is 23.7 Å². The Hall–Kier alpha value is -1.09. The number of hydrogen-bond donors (Lipinski definition) is 1. The first-order valence-corrected chi connectivity index (χ1v) is 4.72. The highest BCUT2D eigenvalue weighted by Crippen LogP contribution is 2.48. The van der Waals surface area contributed by atoms with Gasteiger partial charge in [0.05, 0.1) is 5.02 Å². The lowest BCUT2D eigenvalue weighted by atomic mass is 10.1. The summed E-state index contributed by atoms with van der Waals surface area (Å²) in [5, 5.41) is 0.0950. The van der Waals surface area contributed by atoms with Crippen LogP contribution in [0, 0.1) is 11.7 Å². The van der Waals surface area contributed by atoms with Gasteiger partial charge in [0.25, 0.3) is 0 Å². The van der Waals surface area contributed by atoms with E-state index in [1.165, 1.54) is 6.07 Å². The molecule has 0 bridgehead atoms. The zero-order chi connectivity index (χ0) is 10.3. The maximum absolute atomic E-state index is 13.4. The molecule has 0 radical (unpaired) electrons. The molecule has 2 rings (SSSR count). The molecule has 0 aliphatic heterocycles. The van der Waals surface area contributed by atoms with Gasteiger partial charge in [0.15, 0.2) is 0 Å². The average molecular weight is 214 g/mol. The maximum Gasteiger partial charge on any atom is 0.221 e. The topological polar surface area (TPSA) is 43.1 Å². The van der Waals surface area contributed by atoms with Gasteiger partial charge in [-0.3, -0.25) is 4.79 Å². The number of hydrogen-bond acceptors (Lipinski definition) is 1. The van der Waals surface area contributed by atoms with Crippen molar-refractivity contribution in [2.75, 3.05) is 0 Å². The summed E-state index contributed by atoms with van der Waals surface area (Å²) in [7, 11) is 0. The van der Waals surface area contributed by atoms with E-state index in [-0.39, 0.29) is 22.8 Å². The van der Waals surface area contributed by atoms with Gasteiger partial charge in [0.1, 0.15) is 5.82 Å². The number of nitrogens with two attached hydrogens (primary N) is 1. The molecule has 1 aromatic carbocycles. The molecule has 0 unspecified atom stereocenters. The van der Waals surface area contributed by atoms with Crippen LogP contribution in [0.15, 0.2) is 18.2 Å². The third-order valence-electron chi connectivity index (χ3n) is 2.54. The van der Waals surface area contributed by atoms with E-state index in [2.05, 4.69) is 0 Å². The molecule has 2 atom stereocenters. The number of primary amides is 1. The molecule has 4 heteroatoms. The zero-order valence-electron chi connectivity index (χ0n) is 7.34. The van der Waals surface area contributed by atoms with Crippen molar-refractivity contribution >= 4 is 17.5 Å². The number of carbonyl (C=O) groups excluding carboxylic acids is 1. The van der Waals surface area contributed by atoms with Crippen LogP contribution < -0.4 is 5.73 Å². The zero-order valence-corrected chi connectivity index (χ0v) is 8.09. The summed E-state index contributed by atoms with van der Waals surface area (Å²) in [6.45, 7) is 0. The largest absolute Gasteiger partial charge is 0.369 e. The molecule has 0 heterocycles. The molecule has 1 fully saturated rings. The normalized spacial score (nSPS) is 24.7. The third-order valence-corrected chi connectivity index (χ3v) is 2.83. The molecule has 74 valence electrons. The molecule has 1 aliphatic rings. The summed E-state index contributed by atoms with van der Waals surface area (Å²) in [4.78, 5) is 10.8. The summed E-state index contributed by atoms with van der Waals surface area (Å²) in [5.41, 5.74) is 5.62. The van der Waals surface area contributed by atoms with Crippen molar-refractivity contribution in [2.24, 2.45) is 11.7 Å². The van der Waals surface area contributed by atoms with E-state index in [1.807, 2.05) is 0 Å². The van der Waals surface area contributed by atoms with Crippen molar-refractivity contribution in [3.63, 3.8) is 0 Å². The van der Waals surface area contributed by atoms with Crippen LogP contribution in [0.2, 0.25) is 5.02 Å². The van der Waals surface area contributed by atoms with Crippen molar-refractivity contribution in [1.82, 2.24) is 0 Å². The fourth-order valence-corrected chi connectivity index (χ4v) is 1.84. The smallest absolute Gasteiger partial charge is 0.221 e. The van der Waals surface area contributed by atoms with E-state index in [9.17, 15) is 9.18 Å². The minimum absolute atomic E-state index is 0.0776. The predicted molar refractivity (Wildman–Crippen MR) is 51.5 cm³/mol. The van der Waals surface area contributed by atoms with Gasteiger partial charge >= 0.3 is 0 Å². The van der Waals surface area contributed by atoms with E-state index >= 15 is 0 Å². The molecule has 2 nitrogen and oxygen atoms in total. The molecule has 1 aromatic rings. The number of benzene rings is 1. The lowest BCUT2D eigenvalue weighted by Gasteiger charge is -2.02. The summed E-state index contributed by atoms with van der Waals surface area (Å²) < 4.78 is 13.4. The number of rotatable bonds is 2. The average Bonchev–Trinajstić information content (AvgIpc) is 2.89. The fourth-order valence-electron chi connectivity index (χ4n) is 1.66. The fraction of sp³-hybridized carbons (Fsp3) is 0.300. The van der Waals surface area contributed by atoms with Gasteiger partial charge in [-0.25, -0.2) is 4.39 Å². The van der Waals surface area contributed by atoms with Gasteiger partial charge in [-0.2, -0.15) is 0 Å². The van der Waals surface area contributed by atoms with Crippen molar-refractivity contribution in [2.45, 2.75) is 12.3 Å². The van der Waals surface area contributed by atoms with Crippen LogP contribution in [0.3, 0.4) is 0 Å². The lowest BCUT2D eigenvalue weighted by molar-refractivity contribution is -0.119. The van der Waals surface area contributed by atoms with Gasteiger partial charge in [-0.05, 0) is 24.0 Å². The minimum Gasteiger partial charge on any atom is -0.369 e. The molecule has 14 heavy (non-hydrogen) atoms. The lowest BCUT2D eigenvalue weighted by Crippen LogP contribution is -2.13. The molecule has 1 aliphatic carbocycles. The summed E-state index contributed by atoms with van der Waals surface area (Å²) in [6.07, 6.45) is 0.632. The van der Waals surface area contributed by atoms with Crippen molar-refractivity contribution in [1.29, 1.82) is 0 Å². The maximum atomic E-state index is 13.4. The molecule has 0 saturated heterocycles. The number of halogens is 2. The van der Waals surface area contributed by atoms with Crippen LogP contribution in [0.4, 0.5) is 4.39 Å². The molecule has 0 spiro atoms. The Bertz CT molecular complexity index is 394. The number of carbonyl (C=O) groups is 1. The van der Waals surface area contributed by atoms with Crippen LogP contribution in [-0.4, -0.2) is 5.91 Å². The summed E-state index contributed by atoms with van der Waals surface area (Å²) >= 11 is 5.62. The van der Waals surface area contributed by atoms with E-state index in [4.69, 9.17) is 17.3 Å². The number of amides is 1. The Kier molecular flexibility index (Phi) is 2.19. The van der Waals surface area contributed by atoms with E-state index in [0.29, 0.717) is 12.0 Å². The van der Waals surface area contributed by atoms with Gasteiger partial charge < -0.3 is 5.73 Å². The van der Waals surface area contributed by atoms with Crippen molar-refractivity contribution in [3.8, 4) is 0 Å². The second-order valence-corrected chi connectivity index (χ2v) is 3.90. The summed E-state index contributed by atoms with van der Waals surface area (Å²) in [5.74, 6) is -1.09. The van der Waals surface area contributed by atoms with Gasteiger partial charge in [0.2, 0.25) is 5.91 Å². The van der Waals surface area contributed by atoms with Crippen LogP contribution in [0.1, 0.15) is 17.9 Å². The van der Waals surface area contributed by atoms with E-state index in [1.54, 1.807) is 12.1 Å². The highest BCUT2D eigenvalue weighted by Gasteiger charge is 2.44. The SMILES string of the molecule is NC(=O)[C@H]1C[C@H]1c1cccc(Cl)c1F. The standard InChI is InChI=1S/C10H9ClFNO/c11-8-3-1-2-5(9(8)12)6-4-7(6)10(13)14/h1-3,6-7H,4H2,(H2,13,14)/t6-,7-/m0/s1. The highest BCUT2D eigenvalue weighted by atomic mass is 35.5. The van der Waals surface area contributed by atoms with Crippen molar-refractivity contribution < 1.29 is 9.18 Å². The monoisotopic (exact) mass is 213 g/mol. The molecule has 0 aromatic heterocycles. The first kappa shape index (κ1) is 9.46. The van der Waals surface area contributed by atoms with E-state index < -0.39 is 5.82 Å².